The Labute approximate surface area is 311 Å². The summed E-state index contributed by atoms with van der Waals surface area (Å²) in [6, 6.07) is 18.2. The Balaban J connectivity index is 1.07. The summed E-state index contributed by atoms with van der Waals surface area (Å²) in [4.78, 5) is 62.4. The number of piperidine rings is 1. The van der Waals surface area contributed by atoms with E-state index in [4.69, 9.17) is 14.2 Å². The third-order valence-corrected chi connectivity index (χ3v) is 9.27. The maximum absolute atomic E-state index is 13.4. The van der Waals surface area contributed by atoms with Gasteiger partial charge in [0.1, 0.15) is 11.8 Å². The Morgan fingerprint density at radius 3 is 2.26 bits per heavy atom. The number of nitrogens with zero attached hydrogens (tertiary/aromatic N) is 1. The molecule has 284 valence electrons. The molecule has 1 atom stereocenters. The predicted octanol–water partition coefficient (Wildman–Crippen LogP) is 5.54. The zero-order valence-corrected chi connectivity index (χ0v) is 31.0. The van der Waals surface area contributed by atoms with Crippen molar-refractivity contribution in [3.63, 3.8) is 0 Å². The number of ether oxygens (including phenoxy) is 3. The summed E-state index contributed by atoms with van der Waals surface area (Å²) in [5.74, 6) is 0.358. The Morgan fingerprint density at radius 1 is 0.849 bits per heavy atom. The molecule has 0 spiro atoms. The highest BCUT2D eigenvalue weighted by Crippen LogP contribution is 2.28. The number of hydrogen-bond acceptors (Lipinski definition) is 9. The van der Waals surface area contributed by atoms with E-state index in [0.717, 1.165) is 79.7 Å². The largest absolute Gasteiger partial charge is 0.493 e. The molecule has 0 aliphatic carbocycles. The number of carbonyl (C=O) groups is 5. The molecule has 12 nitrogen and oxygen atoms in total. The topological polar surface area (TPSA) is 152 Å². The minimum Gasteiger partial charge on any atom is -0.493 e. The molecular formula is C41H52N4O8. The minimum atomic E-state index is -1.02. The summed E-state index contributed by atoms with van der Waals surface area (Å²) in [5, 5.41) is 8.47. The number of hydrogen-bond donors (Lipinski definition) is 3. The van der Waals surface area contributed by atoms with Crippen LogP contribution in [-0.2, 0) is 32.0 Å². The van der Waals surface area contributed by atoms with Crippen molar-refractivity contribution in [2.45, 2.75) is 83.6 Å². The van der Waals surface area contributed by atoms with Crippen LogP contribution in [-0.4, -0.2) is 74.9 Å². The number of anilines is 1. The monoisotopic (exact) mass is 728 g/mol. The van der Waals surface area contributed by atoms with Gasteiger partial charge in [-0.05, 0) is 92.5 Å². The number of methoxy groups -OCH3 is 2. The summed E-state index contributed by atoms with van der Waals surface area (Å²) in [6.45, 7) is 2.99. The fraction of sp³-hybridized carbons (Fsp3) is 0.439. The molecule has 3 aromatic rings. The van der Waals surface area contributed by atoms with Gasteiger partial charge in [-0.3, -0.25) is 34.2 Å². The lowest BCUT2D eigenvalue weighted by atomic mass is 10.0. The lowest BCUT2D eigenvalue weighted by molar-refractivity contribution is -0.139. The number of carbonyl (C=O) groups excluding carboxylic acids is 5. The summed E-state index contributed by atoms with van der Waals surface area (Å²) in [5.41, 5.74) is 3.96. The highest BCUT2D eigenvalue weighted by molar-refractivity contribution is 6.09. The second kappa shape index (κ2) is 21.2. The van der Waals surface area contributed by atoms with Crippen LogP contribution in [0.3, 0.4) is 0 Å². The van der Waals surface area contributed by atoms with Crippen LogP contribution >= 0.6 is 0 Å². The van der Waals surface area contributed by atoms with Crippen molar-refractivity contribution < 1.29 is 38.2 Å². The zero-order valence-electron chi connectivity index (χ0n) is 31.0. The van der Waals surface area contributed by atoms with E-state index in [0.29, 0.717) is 42.1 Å². The van der Waals surface area contributed by atoms with Crippen LogP contribution in [0, 0.1) is 6.92 Å². The second-order valence-electron chi connectivity index (χ2n) is 13.2. The first-order chi connectivity index (χ1) is 25.7. The van der Waals surface area contributed by atoms with Gasteiger partial charge in [-0.2, -0.15) is 0 Å². The van der Waals surface area contributed by atoms with Gasteiger partial charge in [0.15, 0.2) is 18.1 Å². The SMILES string of the molecule is COc1ccc(CCCc2cccc(OCC(=O)NCCCCCCCCNc3cccc(C)c3C(=O)N(C=O)C3CCC(=O)NC3=O)c2)cc1OC. The van der Waals surface area contributed by atoms with Gasteiger partial charge in [0.25, 0.3) is 11.8 Å². The predicted molar refractivity (Wildman–Crippen MR) is 202 cm³/mol. The summed E-state index contributed by atoms with van der Waals surface area (Å²) >= 11 is 0. The Morgan fingerprint density at radius 2 is 1.55 bits per heavy atom. The molecule has 1 unspecified atom stereocenters. The molecule has 1 aliphatic rings. The molecule has 0 aromatic heterocycles. The van der Waals surface area contributed by atoms with E-state index in [-0.39, 0.29) is 25.4 Å². The van der Waals surface area contributed by atoms with Crippen molar-refractivity contribution in [3.05, 3.63) is 82.9 Å². The first kappa shape index (κ1) is 40.4. The van der Waals surface area contributed by atoms with Crippen molar-refractivity contribution in [2.24, 2.45) is 0 Å². The maximum Gasteiger partial charge on any atom is 0.263 e. The number of aryl methyl sites for hydroxylation is 3. The molecule has 3 aromatic carbocycles. The Kier molecular flexibility index (Phi) is 16.2. The molecule has 1 heterocycles. The van der Waals surface area contributed by atoms with Gasteiger partial charge in [-0.1, -0.05) is 56.0 Å². The Hall–Kier alpha value is -5.39. The average Bonchev–Trinajstić information content (AvgIpc) is 3.15. The van der Waals surface area contributed by atoms with Crippen molar-refractivity contribution in [1.82, 2.24) is 15.5 Å². The molecule has 53 heavy (non-hydrogen) atoms. The number of benzene rings is 3. The van der Waals surface area contributed by atoms with Gasteiger partial charge in [0.05, 0.1) is 19.8 Å². The standard InChI is InChI=1S/C41H52N4O8/c1-29-13-10-18-33(39(29)41(50)45(28-46)34-20-22-37(47)44-40(34)49)42-23-8-6-4-5-7-9-24-43-38(48)27-53-32-17-12-16-30(25-32)14-11-15-31-19-21-35(51-2)36(26-31)52-3/h10,12-13,16-19,21,25-26,28,34,42H,4-9,11,14-15,20,22-24,27H2,1-3H3,(H,43,48)(H,44,47,49). The quantitative estimate of drug-likeness (QED) is 0.0688. The highest BCUT2D eigenvalue weighted by atomic mass is 16.5. The van der Waals surface area contributed by atoms with E-state index >= 15 is 0 Å². The van der Waals surface area contributed by atoms with Gasteiger partial charge in [-0.15, -0.1) is 0 Å². The molecule has 0 bridgehead atoms. The molecule has 0 radical (unpaired) electrons. The van der Waals surface area contributed by atoms with Gasteiger partial charge in [0, 0.05) is 25.2 Å². The smallest absolute Gasteiger partial charge is 0.263 e. The van der Waals surface area contributed by atoms with E-state index in [9.17, 15) is 24.0 Å². The van der Waals surface area contributed by atoms with Crippen molar-refractivity contribution >= 4 is 35.7 Å². The molecular weight excluding hydrogens is 676 g/mol. The van der Waals surface area contributed by atoms with Crippen molar-refractivity contribution in [1.29, 1.82) is 0 Å². The highest BCUT2D eigenvalue weighted by Gasteiger charge is 2.36. The molecule has 4 rings (SSSR count). The molecule has 1 fully saturated rings. The van der Waals surface area contributed by atoms with Crippen LogP contribution in [0.15, 0.2) is 60.7 Å². The molecule has 0 saturated carbocycles. The van der Waals surface area contributed by atoms with E-state index in [2.05, 4.69) is 28.1 Å². The lowest BCUT2D eigenvalue weighted by Gasteiger charge is -2.29. The maximum atomic E-state index is 13.4. The van der Waals surface area contributed by atoms with Crippen LogP contribution in [0.25, 0.3) is 0 Å². The molecule has 5 amide bonds. The van der Waals surface area contributed by atoms with Crippen LogP contribution in [0.1, 0.15) is 84.8 Å². The van der Waals surface area contributed by atoms with Gasteiger partial charge >= 0.3 is 0 Å². The first-order valence-corrected chi connectivity index (χ1v) is 18.4. The number of unbranched alkanes of at least 4 members (excludes halogenated alkanes) is 5. The zero-order chi connectivity index (χ0) is 38.0. The third-order valence-electron chi connectivity index (χ3n) is 9.27. The summed E-state index contributed by atoms with van der Waals surface area (Å²) in [6.07, 6.45) is 9.14. The van der Waals surface area contributed by atoms with Crippen LogP contribution in [0.2, 0.25) is 0 Å². The summed E-state index contributed by atoms with van der Waals surface area (Å²) in [7, 11) is 3.27. The summed E-state index contributed by atoms with van der Waals surface area (Å²) < 4.78 is 16.5. The van der Waals surface area contributed by atoms with Gasteiger partial charge in [-0.25, -0.2) is 0 Å². The second-order valence-corrected chi connectivity index (χ2v) is 13.2. The third kappa shape index (κ3) is 12.4. The first-order valence-electron chi connectivity index (χ1n) is 18.4. The van der Waals surface area contributed by atoms with Gasteiger partial charge < -0.3 is 24.8 Å². The van der Waals surface area contributed by atoms with Gasteiger partial charge in [0.2, 0.25) is 18.2 Å². The minimum absolute atomic E-state index is 0.0273. The van der Waals surface area contributed by atoms with Crippen molar-refractivity contribution in [3.8, 4) is 17.2 Å². The molecule has 1 saturated heterocycles. The lowest BCUT2D eigenvalue weighted by Crippen LogP contribution is -2.54. The number of rotatable bonds is 22. The number of amides is 5. The normalized spacial score (nSPS) is 13.8. The fourth-order valence-electron chi connectivity index (χ4n) is 6.37. The van der Waals surface area contributed by atoms with Crippen LogP contribution in [0.5, 0.6) is 17.2 Å². The average molecular weight is 729 g/mol. The molecule has 12 heteroatoms. The Bertz CT molecular complexity index is 1710. The van der Waals surface area contributed by atoms with E-state index < -0.39 is 23.8 Å². The number of imide groups is 2. The molecule has 3 N–H and O–H groups in total. The molecule has 1 aliphatic heterocycles. The fourth-order valence-corrected chi connectivity index (χ4v) is 6.37. The van der Waals surface area contributed by atoms with E-state index in [1.54, 1.807) is 33.3 Å². The number of nitrogens with one attached hydrogen (secondary N) is 3. The van der Waals surface area contributed by atoms with Crippen LogP contribution < -0.4 is 30.2 Å². The van der Waals surface area contributed by atoms with Crippen LogP contribution in [0.4, 0.5) is 5.69 Å². The van der Waals surface area contributed by atoms with Crippen molar-refractivity contribution in [2.75, 3.05) is 39.2 Å². The van der Waals surface area contributed by atoms with E-state index in [1.807, 2.05) is 36.4 Å². The van der Waals surface area contributed by atoms with E-state index in [1.165, 1.54) is 5.56 Å².